The monoisotopic (exact) mass is 183 g/mol. The number of carbonyl (C=O) groups is 1. The predicted octanol–water partition coefficient (Wildman–Crippen LogP) is -0.544. The minimum atomic E-state index is -0.474. The van der Waals surface area contributed by atoms with Gasteiger partial charge in [-0.3, -0.25) is 4.79 Å². The van der Waals surface area contributed by atoms with E-state index in [4.69, 9.17) is 5.73 Å². The summed E-state index contributed by atoms with van der Waals surface area (Å²) >= 11 is 0. The first kappa shape index (κ1) is 9.63. The molecule has 0 saturated heterocycles. The van der Waals surface area contributed by atoms with Gasteiger partial charge < -0.3 is 5.73 Å². The lowest BCUT2D eigenvalue weighted by molar-refractivity contribution is -0.118. The molecule has 1 aromatic heterocycles. The summed E-state index contributed by atoms with van der Waals surface area (Å²) in [6, 6.07) is 0. The Hall–Kier alpha value is -1.46. The lowest BCUT2D eigenvalue weighted by Crippen LogP contribution is -2.21. The van der Waals surface area contributed by atoms with Crippen molar-refractivity contribution >= 4 is 5.91 Å². The third-order valence-electron chi connectivity index (χ3n) is 1.42. The van der Waals surface area contributed by atoms with Crippen molar-refractivity contribution in [1.29, 1.82) is 0 Å². The molecule has 0 atom stereocenters. The highest BCUT2D eigenvalue weighted by Gasteiger charge is 2.19. The van der Waals surface area contributed by atoms with Gasteiger partial charge in [-0.25, -0.2) is 0 Å². The zero-order chi connectivity index (χ0) is 10.1. The second-order valence-corrected chi connectivity index (χ2v) is 3.86. The molecule has 1 aromatic rings. The normalized spacial score (nSPS) is 11.6. The third kappa shape index (κ3) is 2.50. The van der Waals surface area contributed by atoms with Gasteiger partial charge in [-0.15, -0.1) is 10.2 Å². The molecular weight excluding hydrogens is 170 g/mol. The number of primary amides is 1. The van der Waals surface area contributed by atoms with Crippen LogP contribution in [0.2, 0.25) is 0 Å². The standard InChI is InChI=1S/C7H13N5O/c1-7(2,3)6-9-11-12(10-6)4-5(8)13/h4H2,1-3H3,(H2,8,13). The van der Waals surface area contributed by atoms with Crippen molar-refractivity contribution in [2.24, 2.45) is 5.73 Å². The highest BCUT2D eigenvalue weighted by Crippen LogP contribution is 2.15. The van der Waals surface area contributed by atoms with E-state index in [1.54, 1.807) is 0 Å². The van der Waals surface area contributed by atoms with E-state index >= 15 is 0 Å². The van der Waals surface area contributed by atoms with E-state index in [1.165, 1.54) is 4.80 Å². The van der Waals surface area contributed by atoms with E-state index < -0.39 is 5.91 Å². The average molecular weight is 183 g/mol. The van der Waals surface area contributed by atoms with Crippen molar-refractivity contribution in [2.45, 2.75) is 32.7 Å². The Morgan fingerprint density at radius 2 is 2.15 bits per heavy atom. The highest BCUT2D eigenvalue weighted by atomic mass is 16.1. The maximum absolute atomic E-state index is 10.5. The van der Waals surface area contributed by atoms with Crippen LogP contribution in [-0.2, 0) is 16.8 Å². The molecule has 0 radical (unpaired) electrons. The molecule has 0 aromatic carbocycles. The summed E-state index contributed by atoms with van der Waals surface area (Å²) in [5, 5.41) is 11.5. The molecule has 72 valence electrons. The molecule has 0 aliphatic carbocycles. The molecule has 1 heterocycles. The molecule has 0 aliphatic rings. The summed E-state index contributed by atoms with van der Waals surface area (Å²) in [7, 11) is 0. The fraction of sp³-hybridized carbons (Fsp3) is 0.714. The Morgan fingerprint density at radius 1 is 1.54 bits per heavy atom. The fourth-order valence-corrected chi connectivity index (χ4v) is 0.750. The molecule has 0 spiro atoms. The van der Waals surface area contributed by atoms with E-state index in [2.05, 4.69) is 15.4 Å². The fourth-order valence-electron chi connectivity index (χ4n) is 0.750. The Bertz CT molecular complexity index is 311. The van der Waals surface area contributed by atoms with Crippen molar-refractivity contribution in [3.05, 3.63) is 5.82 Å². The number of tetrazole rings is 1. The van der Waals surface area contributed by atoms with Crippen LogP contribution in [0.15, 0.2) is 0 Å². The molecule has 0 unspecified atom stereocenters. The van der Waals surface area contributed by atoms with Crippen LogP contribution in [0.5, 0.6) is 0 Å². The quantitative estimate of drug-likeness (QED) is 0.666. The Balaban J connectivity index is 2.81. The molecule has 0 fully saturated rings. The predicted molar refractivity (Wildman–Crippen MR) is 45.7 cm³/mol. The Kier molecular flexibility index (Phi) is 2.31. The third-order valence-corrected chi connectivity index (χ3v) is 1.42. The van der Waals surface area contributed by atoms with Gasteiger partial charge in [0.1, 0.15) is 6.54 Å². The van der Waals surface area contributed by atoms with Gasteiger partial charge >= 0.3 is 0 Å². The maximum atomic E-state index is 10.5. The van der Waals surface area contributed by atoms with Crippen LogP contribution < -0.4 is 5.73 Å². The Morgan fingerprint density at radius 3 is 2.54 bits per heavy atom. The second-order valence-electron chi connectivity index (χ2n) is 3.86. The Labute approximate surface area is 76.1 Å². The minimum Gasteiger partial charge on any atom is -0.368 e. The molecule has 1 amide bonds. The number of carbonyl (C=O) groups excluding carboxylic acids is 1. The first-order valence-corrected chi connectivity index (χ1v) is 3.96. The molecule has 2 N–H and O–H groups in total. The van der Waals surface area contributed by atoms with Gasteiger partial charge in [0.05, 0.1) is 0 Å². The molecule has 0 aliphatic heterocycles. The number of nitrogens with zero attached hydrogens (tertiary/aromatic N) is 4. The van der Waals surface area contributed by atoms with Crippen LogP contribution in [0.25, 0.3) is 0 Å². The van der Waals surface area contributed by atoms with Crippen molar-refractivity contribution in [3.8, 4) is 0 Å². The molecule has 1 rings (SSSR count). The van der Waals surface area contributed by atoms with Crippen molar-refractivity contribution in [1.82, 2.24) is 20.2 Å². The number of hydrogen-bond acceptors (Lipinski definition) is 4. The lowest BCUT2D eigenvalue weighted by atomic mass is 9.96. The first-order chi connectivity index (χ1) is 5.89. The van der Waals surface area contributed by atoms with Gasteiger partial charge in [-0.1, -0.05) is 20.8 Å². The van der Waals surface area contributed by atoms with Crippen LogP contribution in [0.4, 0.5) is 0 Å². The summed E-state index contributed by atoms with van der Waals surface area (Å²) in [5.74, 6) is 0.131. The average Bonchev–Trinajstić information content (AvgIpc) is 2.32. The molecule has 6 nitrogen and oxygen atoms in total. The second kappa shape index (κ2) is 3.12. The van der Waals surface area contributed by atoms with Crippen LogP contribution in [0.3, 0.4) is 0 Å². The minimum absolute atomic E-state index is 0.0247. The highest BCUT2D eigenvalue weighted by molar-refractivity contribution is 5.73. The summed E-state index contributed by atoms with van der Waals surface area (Å²) < 4.78 is 0. The van der Waals surface area contributed by atoms with Gasteiger partial charge in [0.2, 0.25) is 5.91 Å². The first-order valence-electron chi connectivity index (χ1n) is 3.96. The van der Waals surface area contributed by atoms with E-state index in [-0.39, 0.29) is 12.0 Å². The molecular formula is C7H13N5O. The molecule has 0 bridgehead atoms. The van der Waals surface area contributed by atoms with Crippen LogP contribution >= 0.6 is 0 Å². The number of nitrogens with two attached hydrogens (primary N) is 1. The van der Waals surface area contributed by atoms with E-state index in [0.717, 1.165) is 0 Å². The lowest BCUT2D eigenvalue weighted by Gasteiger charge is -2.10. The SMILES string of the molecule is CC(C)(C)c1nnn(CC(N)=O)n1. The van der Waals surface area contributed by atoms with Gasteiger partial charge in [-0.2, -0.15) is 4.80 Å². The topological polar surface area (TPSA) is 86.7 Å². The summed E-state index contributed by atoms with van der Waals surface area (Å²) in [4.78, 5) is 11.7. The number of aromatic nitrogens is 4. The van der Waals surface area contributed by atoms with Gasteiger partial charge in [0.25, 0.3) is 0 Å². The largest absolute Gasteiger partial charge is 0.368 e. The number of amides is 1. The van der Waals surface area contributed by atoms with E-state index in [0.29, 0.717) is 5.82 Å². The molecule has 13 heavy (non-hydrogen) atoms. The molecule has 6 heteroatoms. The maximum Gasteiger partial charge on any atom is 0.241 e. The van der Waals surface area contributed by atoms with Gasteiger partial charge in [0, 0.05) is 5.41 Å². The molecule has 0 saturated carbocycles. The number of hydrogen-bond donors (Lipinski definition) is 1. The van der Waals surface area contributed by atoms with Gasteiger partial charge in [0.15, 0.2) is 5.82 Å². The van der Waals surface area contributed by atoms with Gasteiger partial charge in [-0.05, 0) is 5.21 Å². The van der Waals surface area contributed by atoms with E-state index in [1.807, 2.05) is 20.8 Å². The number of rotatable bonds is 2. The summed E-state index contributed by atoms with van der Waals surface area (Å²) in [6.45, 7) is 5.89. The van der Waals surface area contributed by atoms with Crippen LogP contribution in [-0.4, -0.2) is 26.1 Å². The smallest absolute Gasteiger partial charge is 0.241 e. The zero-order valence-corrected chi connectivity index (χ0v) is 7.98. The van der Waals surface area contributed by atoms with Crippen molar-refractivity contribution in [3.63, 3.8) is 0 Å². The summed E-state index contributed by atoms with van der Waals surface area (Å²) in [6.07, 6.45) is 0. The van der Waals surface area contributed by atoms with Crippen LogP contribution in [0, 0.1) is 0 Å². The van der Waals surface area contributed by atoms with Crippen LogP contribution in [0.1, 0.15) is 26.6 Å². The van der Waals surface area contributed by atoms with Crippen molar-refractivity contribution < 1.29 is 4.79 Å². The summed E-state index contributed by atoms with van der Waals surface area (Å²) in [5.41, 5.74) is 4.82. The van der Waals surface area contributed by atoms with Crippen molar-refractivity contribution in [2.75, 3.05) is 0 Å². The zero-order valence-electron chi connectivity index (χ0n) is 7.98. The van der Waals surface area contributed by atoms with E-state index in [9.17, 15) is 4.79 Å².